The van der Waals surface area contributed by atoms with E-state index in [0.29, 0.717) is 17.1 Å². The van der Waals surface area contributed by atoms with Gasteiger partial charge in [0.05, 0.1) is 11.4 Å². The summed E-state index contributed by atoms with van der Waals surface area (Å²) in [4.78, 5) is 12.4. The molecule has 0 aliphatic heterocycles. The van der Waals surface area contributed by atoms with Gasteiger partial charge in [0.2, 0.25) is 0 Å². The van der Waals surface area contributed by atoms with E-state index in [0.717, 1.165) is 14.6 Å². The summed E-state index contributed by atoms with van der Waals surface area (Å²) in [5.41, 5.74) is 2.54. The summed E-state index contributed by atoms with van der Waals surface area (Å²) in [6.45, 7) is 1.82. The van der Waals surface area contributed by atoms with Crippen molar-refractivity contribution >= 4 is 43.5 Å². The third-order valence-corrected chi connectivity index (χ3v) is 4.34. The molecule has 1 N–H and O–H groups in total. The summed E-state index contributed by atoms with van der Waals surface area (Å²) in [6, 6.07) is 15.0. The SMILES string of the molecule is Cc1c(C(=O)Nc2ccc(Br)cc2)nnn1-c1ccc(Br)cc1. The summed E-state index contributed by atoms with van der Waals surface area (Å²) in [5.74, 6) is -0.284. The average Bonchev–Trinajstić information content (AvgIpc) is 2.92. The van der Waals surface area contributed by atoms with Crippen molar-refractivity contribution in [2.75, 3.05) is 5.32 Å². The number of amides is 1. The molecule has 0 saturated carbocycles. The molecule has 3 rings (SSSR count). The van der Waals surface area contributed by atoms with Gasteiger partial charge in [0.25, 0.3) is 5.91 Å². The lowest BCUT2D eigenvalue weighted by molar-refractivity contribution is 0.102. The second-order valence-electron chi connectivity index (χ2n) is 4.87. The zero-order chi connectivity index (χ0) is 16.4. The van der Waals surface area contributed by atoms with Crippen molar-refractivity contribution in [2.24, 2.45) is 0 Å². The molecule has 7 heteroatoms. The number of nitrogens with zero attached hydrogens (tertiary/aromatic N) is 3. The number of carbonyl (C=O) groups is 1. The molecule has 3 aromatic rings. The fraction of sp³-hybridized carbons (Fsp3) is 0.0625. The fourth-order valence-corrected chi connectivity index (χ4v) is 2.62. The number of hydrogen-bond acceptors (Lipinski definition) is 3. The van der Waals surface area contributed by atoms with Gasteiger partial charge in [-0.1, -0.05) is 37.1 Å². The molecule has 0 aliphatic carbocycles. The topological polar surface area (TPSA) is 59.8 Å². The molecule has 0 bridgehead atoms. The maximum atomic E-state index is 12.4. The monoisotopic (exact) mass is 434 g/mol. The first-order valence-electron chi connectivity index (χ1n) is 6.80. The van der Waals surface area contributed by atoms with Crippen molar-refractivity contribution in [3.63, 3.8) is 0 Å². The van der Waals surface area contributed by atoms with Crippen molar-refractivity contribution in [2.45, 2.75) is 6.92 Å². The summed E-state index contributed by atoms with van der Waals surface area (Å²) >= 11 is 6.76. The van der Waals surface area contributed by atoms with Crippen molar-refractivity contribution in [3.05, 3.63) is 68.9 Å². The van der Waals surface area contributed by atoms with Gasteiger partial charge in [-0.15, -0.1) is 5.10 Å². The molecular formula is C16H12Br2N4O. The third-order valence-electron chi connectivity index (χ3n) is 3.28. The number of anilines is 1. The lowest BCUT2D eigenvalue weighted by Crippen LogP contribution is -2.14. The van der Waals surface area contributed by atoms with Gasteiger partial charge in [-0.2, -0.15) is 0 Å². The van der Waals surface area contributed by atoms with E-state index in [-0.39, 0.29) is 5.91 Å². The third kappa shape index (κ3) is 3.51. The minimum atomic E-state index is -0.284. The Kier molecular flexibility index (Phi) is 4.58. The molecule has 2 aromatic carbocycles. The quantitative estimate of drug-likeness (QED) is 0.665. The van der Waals surface area contributed by atoms with Crippen LogP contribution >= 0.6 is 31.9 Å². The number of benzene rings is 2. The number of nitrogens with one attached hydrogen (secondary N) is 1. The van der Waals surface area contributed by atoms with Crippen LogP contribution in [0.2, 0.25) is 0 Å². The minimum Gasteiger partial charge on any atom is -0.321 e. The highest BCUT2D eigenvalue weighted by Crippen LogP contribution is 2.18. The van der Waals surface area contributed by atoms with Crippen molar-refractivity contribution in [3.8, 4) is 5.69 Å². The second-order valence-corrected chi connectivity index (χ2v) is 6.70. The van der Waals surface area contributed by atoms with E-state index in [2.05, 4.69) is 47.5 Å². The van der Waals surface area contributed by atoms with E-state index in [9.17, 15) is 4.79 Å². The Balaban J connectivity index is 1.85. The molecule has 5 nitrogen and oxygen atoms in total. The smallest absolute Gasteiger partial charge is 0.278 e. The summed E-state index contributed by atoms with van der Waals surface area (Å²) < 4.78 is 3.57. The standard InChI is InChI=1S/C16H12Br2N4O/c1-10-15(16(23)19-13-6-2-11(17)3-7-13)20-21-22(10)14-8-4-12(18)5-9-14/h2-9H,1H3,(H,19,23). The Morgan fingerprint density at radius 3 is 2.17 bits per heavy atom. The minimum absolute atomic E-state index is 0.284. The van der Waals surface area contributed by atoms with Crippen LogP contribution in [0.1, 0.15) is 16.2 Å². The van der Waals surface area contributed by atoms with Crippen LogP contribution in [0.3, 0.4) is 0 Å². The fourth-order valence-electron chi connectivity index (χ4n) is 2.09. The highest BCUT2D eigenvalue weighted by molar-refractivity contribution is 9.10. The van der Waals surface area contributed by atoms with Crippen LogP contribution < -0.4 is 5.32 Å². The molecule has 0 unspecified atom stereocenters. The molecule has 1 aromatic heterocycles. The Hall–Kier alpha value is -1.99. The molecule has 0 atom stereocenters. The van der Waals surface area contributed by atoms with Crippen LogP contribution in [0.25, 0.3) is 5.69 Å². The highest BCUT2D eigenvalue weighted by atomic mass is 79.9. The van der Waals surface area contributed by atoms with E-state index in [1.807, 2.05) is 55.5 Å². The van der Waals surface area contributed by atoms with Gasteiger partial charge in [0.15, 0.2) is 5.69 Å². The Morgan fingerprint density at radius 2 is 1.57 bits per heavy atom. The summed E-state index contributed by atoms with van der Waals surface area (Å²) in [5, 5.41) is 10.9. The molecule has 0 aliphatic rings. The number of rotatable bonds is 3. The normalized spacial score (nSPS) is 10.6. The Bertz CT molecular complexity index is 842. The highest BCUT2D eigenvalue weighted by Gasteiger charge is 2.17. The lowest BCUT2D eigenvalue weighted by atomic mass is 10.2. The maximum Gasteiger partial charge on any atom is 0.278 e. The molecule has 0 saturated heterocycles. The molecule has 1 heterocycles. The van der Waals surface area contributed by atoms with Crippen molar-refractivity contribution < 1.29 is 4.79 Å². The molecule has 0 fully saturated rings. The van der Waals surface area contributed by atoms with Crippen LogP contribution in [-0.2, 0) is 0 Å². The van der Waals surface area contributed by atoms with E-state index < -0.39 is 0 Å². The van der Waals surface area contributed by atoms with Gasteiger partial charge in [-0.05, 0) is 55.5 Å². The molecule has 23 heavy (non-hydrogen) atoms. The predicted molar refractivity (Wildman–Crippen MR) is 95.9 cm³/mol. The molecule has 1 amide bonds. The zero-order valence-electron chi connectivity index (χ0n) is 12.1. The summed E-state index contributed by atoms with van der Waals surface area (Å²) in [7, 11) is 0. The van der Waals surface area contributed by atoms with Crippen LogP contribution in [-0.4, -0.2) is 20.9 Å². The van der Waals surface area contributed by atoms with Gasteiger partial charge in [-0.25, -0.2) is 4.68 Å². The largest absolute Gasteiger partial charge is 0.321 e. The van der Waals surface area contributed by atoms with Gasteiger partial charge >= 0.3 is 0 Å². The van der Waals surface area contributed by atoms with E-state index in [1.54, 1.807) is 4.68 Å². The van der Waals surface area contributed by atoms with Gasteiger partial charge in [-0.3, -0.25) is 4.79 Å². The van der Waals surface area contributed by atoms with Gasteiger partial charge < -0.3 is 5.32 Å². The maximum absolute atomic E-state index is 12.4. The molecular weight excluding hydrogens is 424 g/mol. The number of hydrogen-bond donors (Lipinski definition) is 1. The number of halogens is 2. The van der Waals surface area contributed by atoms with Crippen molar-refractivity contribution in [1.82, 2.24) is 15.0 Å². The van der Waals surface area contributed by atoms with Crippen LogP contribution in [0.5, 0.6) is 0 Å². The average molecular weight is 436 g/mol. The van der Waals surface area contributed by atoms with Gasteiger partial charge in [0.1, 0.15) is 0 Å². The van der Waals surface area contributed by atoms with E-state index >= 15 is 0 Å². The number of carbonyl (C=O) groups excluding carboxylic acids is 1. The first kappa shape index (κ1) is 15.9. The Morgan fingerprint density at radius 1 is 1.00 bits per heavy atom. The zero-order valence-corrected chi connectivity index (χ0v) is 15.3. The van der Waals surface area contributed by atoms with E-state index in [4.69, 9.17) is 0 Å². The Labute approximate surface area is 150 Å². The summed E-state index contributed by atoms with van der Waals surface area (Å²) in [6.07, 6.45) is 0. The molecule has 0 spiro atoms. The first-order chi connectivity index (χ1) is 11.0. The van der Waals surface area contributed by atoms with Crippen LogP contribution in [0.4, 0.5) is 5.69 Å². The van der Waals surface area contributed by atoms with Crippen molar-refractivity contribution in [1.29, 1.82) is 0 Å². The predicted octanol–water partition coefficient (Wildman–Crippen LogP) is 4.35. The molecule has 0 radical (unpaired) electrons. The van der Waals surface area contributed by atoms with Gasteiger partial charge in [0, 0.05) is 14.6 Å². The lowest BCUT2D eigenvalue weighted by Gasteiger charge is -2.05. The number of aromatic nitrogens is 3. The van der Waals surface area contributed by atoms with Crippen LogP contribution in [0, 0.1) is 6.92 Å². The van der Waals surface area contributed by atoms with Crippen LogP contribution in [0.15, 0.2) is 57.5 Å². The first-order valence-corrected chi connectivity index (χ1v) is 8.38. The van der Waals surface area contributed by atoms with E-state index in [1.165, 1.54) is 0 Å². The second kappa shape index (κ2) is 6.64. The molecule has 116 valence electrons.